The second-order valence-electron chi connectivity index (χ2n) is 2.96. The minimum atomic E-state index is 0.383. The molecule has 0 saturated carbocycles. The third kappa shape index (κ3) is 4.09. The zero-order valence-corrected chi connectivity index (χ0v) is 8.06. The van der Waals surface area contributed by atoms with Crippen LogP contribution in [0.15, 0.2) is 0 Å². The summed E-state index contributed by atoms with van der Waals surface area (Å²) in [6.45, 7) is 4.25. The maximum atomic E-state index is 5.37. The normalized spacial score (nSPS) is 12.1. The molecule has 1 unspecified atom stereocenters. The Kier molecular flexibility index (Phi) is 6.31. The van der Waals surface area contributed by atoms with Gasteiger partial charge in [0.05, 0.1) is 0 Å². The van der Waals surface area contributed by atoms with Crippen LogP contribution < -0.4 is 0 Å². The molecule has 0 heterocycles. The van der Waals surface area contributed by atoms with E-state index >= 15 is 0 Å². The molecule has 0 aliphatic heterocycles. The number of hydrogen-bond donors (Lipinski definition) is 0. The van der Waals surface area contributed by atoms with Crippen molar-refractivity contribution in [1.29, 1.82) is 0 Å². The predicted molar refractivity (Wildman–Crippen MR) is 54.2 cm³/mol. The van der Waals surface area contributed by atoms with E-state index in [9.17, 15) is 0 Å². The monoisotopic (exact) mass is 161 g/mol. The van der Waals surface area contributed by atoms with Crippen molar-refractivity contribution in [3.8, 4) is 24.7 Å². The number of rotatable bonds is 5. The first kappa shape index (κ1) is 11.1. The lowest BCUT2D eigenvalue weighted by molar-refractivity contribution is 0.573. The Bertz CT molecular complexity index is 177. The number of terminal acetylenes is 2. The Hall–Kier alpha value is -0.880. The first-order valence-corrected chi connectivity index (χ1v) is 4.51. The summed E-state index contributed by atoms with van der Waals surface area (Å²) in [5.74, 6) is 7.24. The quantitative estimate of drug-likeness (QED) is 0.544. The summed E-state index contributed by atoms with van der Waals surface area (Å²) >= 11 is 0. The minimum Gasteiger partial charge on any atom is -0.120 e. The van der Waals surface area contributed by atoms with E-state index in [-0.39, 0.29) is 0 Å². The molecule has 65 valence electrons. The molecule has 0 nitrogen and oxygen atoms in total. The van der Waals surface area contributed by atoms with Crippen molar-refractivity contribution >= 4 is 0 Å². The van der Waals surface area contributed by atoms with Gasteiger partial charge in [-0.05, 0) is 25.2 Å². The predicted octanol–water partition coefficient (Wildman–Crippen LogP) is 3.04. The average molecular weight is 161 g/mol. The Morgan fingerprint density at radius 2 is 2.00 bits per heavy atom. The molecule has 0 heteroatoms. The second kappa shape index (κ2) is 6.81. The summed E-state index contributed by atoms with van der Waals surface area (Å²) in [7, 11) is 0. The van der Waals surface area contributed by atoms with E-state index in [4.69, 9.17) is 12.8 Å². The van der Waals surface area contributed by atoms with Crippen LogP contribution >= 0.6 is 0 Å². The molecular formula is C12H17. The third-order valence-electron chi connectivity index (χ3n) is 2.12. The van der Waals surface area contributed by atoms with Crippen LogP contribution in [0.3, 0.4) is 0 Å². The Morgan fingerprint density at radius 3 is 2.33 bits per heavy atom. The van der Waals surface area contributed by atoms with Crippen molar-refractivity contribution in [2.45, 2.75) is 39.5 Å². The zero-order chi connectivity index (χ0) is 9.40. The average Bonchev–Trinajstić information content (AvgIpc) is 2.12. The smallest absolute Gasteiger partial charge is 0.0203 e. The molecular weight excluding hydrogens is 144 g/mol. The summed E-state index contributed by atoms with van der Waals surface area (Å²) < 4.78 is 0. The van der Waals surface area contributed by atoms with Gasteiger partial charge in [-0.1, -0.05) is 13.8 Å². The van der Waals surface area contributed by atoms with Crippen LogP contribution in [-0.4, -0.2) is 0 Å². The van der Waals surface area contributed by atoms with Crippen molar-refractivity contribution in [2.75, 3.05) is 0 Å². The number of hydrogen-bond acceptors (Lipinski definition) is 0. The summed E-state index contributed by atoms with van der Waals surface area (Å²) in [5.41, 5.74) is 0. The highest BCUT2D eigenvalue weighted by Crippen LogP contribution is 2.22. The van der Waals surface area contributed by atoms with Gasteiger partial charge in [0.15, 0.2) is 0 Å². The molecule has 0 N–H and O–H groups in total. The fraction of sp³-hybridized carbons (Fsp3) is 0.583. The van der Waals surface area contributed by atoms with Gasteiger partial charge in [-0.3, -0.25) is 0 Å². The highest BCUT2D eigenvalue weighted by atomic mass is 14.1. The maximum absolute atomic E-state index is 5.37. The van der Waals surface area contributed by atoms with Crippen LogP contribution in [-0.2, 0) is 0 Å². The molecule has 0 rings (SSSR count). The molecule has 1 atom stereocenters. The van der Waals surface area contributed by atoms with E-state index in [1.807, 2.05) is 0 Å². The molecule has 0 aliphatic rings. The van der Waals surface area contributed by atoms with Gasteiger partial charge < -0.3 is 0 Å². The van der Waals surface area contributed by atoms with Crippen molar-refractivity contribution in [3.63, 3.8) is 0 Å². The highest BCUT2D eigenvalue weighted by molar-refractivity contribution is 5.06. The van der Waals surface area contributed by atoms with Gasteiger partial charge in [0.2, 0.25) is 0 Å². The van der Waals surface area contributed by atoms with Gasteiger partial charge in [0, 0.05) is 12.3 Å². The van der Waals surface area contributed by atoms with Crippen molar-refractivity contribution in [2.24, 2.45) is 5.92 Å². The lowest BCUT2D eigenvalue weighted by atomic mass is 9.89. The lowest BCUT2D eigenvalue weighted by Crippen LogP contribution is -2.03. The Morgan fingerprint density at radius 1 is 1.33 bits per heavy atom. The van der Waals surface area contributed by atoms with Crippen LogP contribution in [0.1, 0.15) is 39.5 Å². The van der Waals surface area contributed by atoms with Gasteiger partial charge in [0.1, 0.15) is 0 Å². The van der Waals surface area contributed by atoms with Crippen molar-refractivity contribution in [3.05, 3.63) is 5.92 Å². The lowest BCUT2D eigenvalue weighted by Gasteiger charge is -2.14. The van der Waals surface area contributed by atoms with Gasteiger partial charge in [-0.25, -0.2) is 0 Å². The molecule has 0 spiro atoms. The van der Waals surface area contributed by atoms with E-state index in [0.29, 0.717) is 5.92 Å². The van der Waals surface area contributed by atoms with Crippen LogP contribution in [0.5, 0.6) is 0 Å². The zero-order valence-electron chi connectivity index (χ0n) is 8.06. The second-order valence-corrected chi connectivity index (χ2v) is 2.96. The molecule has 12 heavy (non-hydrogen) atoms. The summed E-state index contributed by atoms with van der Waals surface area (Å²) in [4.78, 5) is 0. The molecule has 0 saturated heterocycles. The van der Waals surface area contributed by atoms with E-state index in [2.05, 4.69) is 25.7 Å². The molecule has 0 aromatic rings. The fourth-order valence-corrected chi connectivity index (χ4v) is 1.16. The van der Waals surface area contributed by atoms with Crippen LogP contribution in [0.4, 0.5) is 0 Å². The molecule has 0 aliphatic carbocycles. The van der Waals surface area contributed by atoms with Crippen LogP contribution in [0, 0.1) is 36.5 Å². The van der Waals surface area contributed by atoms with Crippen molar-refractivity contribution in [1.82, 2.24) is 0 Å². The maximum Gasteiger partial charge on any atom is 0.0203 e. The first-order chi connectivity index (χ1) is 5.78. The third-order valence-corrected chi connectivity index (χ3v) is 2.12. The minimum absolute atomic E-state index is 0.383. The van der Waals surface area contributed by atoms with Crippen LogP contribution in [0.2, 0.25) is 0 Å². The SMILES string of the molecule is C#CC[C](CC)CC(C#C)CC. The Labute approximate surface area is 76.8 Å². The molecule has 1 radical (unpaired) electrons. The van der Waals surface area contributed by atoms with Crippen molar-refractivity contribution < 1.29 is 0 Å². The van der Waals surface area contributed by atoms with Gasteiger partial charge in [-0.15, -0.1) is 24.7 Å². The molecule has 0 amide bonds. The topological polar surface area (TPSA) is 0 Å². The molecule has 0 fully saturated rings. The standard InChI is InChI=1S/C12H17/c1-5-9-12(8-4)10-11(6-2)7-3/h1-2,11H,7-10H2,3-4H3. The van der Waals surface area contributed by atoms with E-state index < -0.39 is 0 Å². The van der Waals surface area contributed by atoms with E-state index in [1.54, 1.807) is 0 Å². The molecule has 0 bridgehead atoms. The highest BCUT2D eigenvalue weighted by Gasteiger charge is 2.10. The van der Waals surface area contributed by atoms with Gasteiger partial charge in [-0.2, -0.15) is 0 Å². The van der Waals surface area contributed by atoms with Crippen LogP contribution in [0.25, 0.3) is 0 Å². The summed E-state index contributed by atoms with van der Waals surface area (Å²) in [6.07, 6.45) is 14.5. The largest absolute Gasteiger partial charge is 0.120 e. The molecule has 0 aromatic carbocycles. The Balaban J connectivity index is 3.86. The van der Waals surface area contributed by atoms with Gasteiger partial charge in [0.25, 0.3) is 0 Å². The van der Waals surface area contributed by atoms with E-state index in [0.717, 1.165) is 25.7 Å². The summed E-state index contributed by atoms with van der Waals surface area (Å²) in [6, 6.07) is 0. The summed E-state index contributed by atoms with van der Waals surface area (Å²) in [5, 5.41) is 0. The van der Waals surface area contributed by atoms with E-state index in [1.165, 1.54) is 5.92 Å². The first-order valence-electron chi connectivity index (χ1n) is 4.51. The fourth-order valence-electron chi connectivity index (χ4n) is 1.16. The van der Waals surface area contributed by atoms with Gasteiger partial charge >= 0.3 is 0 Å². The molecule has 0 aromatic heterocycles.